The lowest BCUT2D eigenvalue weighted by atomic mass is 10.1. The number of carbonyl (C=O) groups excluding carboxylic acids is 2. The minimum absolute atomic E-state index is 0.0443. The topological polar surface area (TPSA) is 104 Å². The second-order valence-electron chi connectivity index (χ2n) is 8.52. The second kappa shape index (κ2) is 13.7. The van der Waals surface area contributed by atoms with Crippen LogP contribution in [0.5, 0.6) is 11.5 Å². The number of unbranched alkanes of at least 4 members (excludes halogenated alkanes) is 2. The van der Waals surface area contributed by atoms with Crippen LogP contribution in [-0.4, -0.2) is 28.5 Å². The lowest BCUT2D eigenvalue weighted by molar-refractivity contribution is -0.138. The summed E-state index contributed by atoms with van der Waals surface area (Å²) in [5.41, 5.74) is 1.78. The van der Waals surface area contributed by atoms with E-state index in [-0.39, 0.29) is 24.7 Å². The molecule has 1 N–H and O–H groups in total. The summed E-state index contributed by atoms with van der Waals surface area (Å²) in [6.45, 7) is 0.832. The van der Waals surface area contributed by atoms with Gasteiger partial charge in [0.15, 0.2) is 0 Å². The van der Waals surface area contributed by atoms with Crippen LogP contribution >= 0.6 is 0 Å². The highest BCUT2D eigenvalue weighted by atomic mass is 19.1. The molecule has 9 heteroatoms. The molecule has 0 aliphatic rings. The van der Waals surface area contributed by atoms with Crippen molar-refractivity contribution < 1.29 is 27.9 Å². The first-order valence-corrected chi connectivity index (χ1v) is 12.4. The van der Waals surface area contributed by atoms with Gasteiger partial charge in [-0.2, -0.15) is 0 Å². The van der Waals surface area contributed by atoms with Crippen molar-refractivity contribution in [2.45, 2.75) is 38.8 Å². The van der Waals surface area contributed by atoms with Crippen LogP contribution in [0, 0.1) is 5.82 Å². The number of ether oxygens (including phenoxy) is 2. The molecule has 0 bridgehead atoms. The highest BCUT2D eigenvalue weighted by Gasteiger charge is 2.15. The molecule has 196 valence electrons. The van der Waals surface area contributed by atoms with E-state index in [0.717, 1.165) is 5.56 Å². The van der Waals surface area contributed by atoms with Crippen molar-refractivity contribution >= 4 is 11.7 Å². The van der Waals surface area contributed by atoms with E-state index in [2.05, 4.69) is 15.5 Å². The number of aromatic nitrogens is 2. The molecule has 1 heterocycles. The molecule has 3 aromatic carbocycles. The van der Waals surface area contributed by atoms with Gasteiger partial charge in [-0.1, -0.05) is 36.4 Å². The van der Waals surface area contributed by atoms with Gasteiger partial charge in [0, 0.05) is 18.1 Å². The van der Waals surface area contributed by atoms with E-state index in [9.17, 15) is 14.0 Å². The highest BCUT2D eigenvalue weighted by Crippen LogP contribution is 2.22. The molecular formula is C29H28FN3O5. The number of Topliss-reactive ketones (excluding diaryl/α,β-unsaturated/α-hetero) is 1. The van der Waals surface area contributed by atoms with Crippen LogP contribution in [0.1, 0.15) is 37.1 Å². The van der Waals surface area contributed by atoms with Crippen molar-refractivity contribution in [3.05, 3.63) is 96.1 Å². The quantitative estimate of drug-likeness (QED) is 0.179. The number of nitrogens with zero attached hydrogens (tertiary/aromatic N) is 2. The Morgan fingerprint density at radius 2 is 1.66 bits per heavy atom. The molecular weight excluding hydrogens is 489 g/mol. The van der Waals surface area contributed by atoms with Crippen molar-refractivity contribution in [1.82, 2.24) is 15.5 Å². The Hall–Kier alpha value is -4.53. The number of hydrogen-bond donors (Lipinski definition) is 1. The third kappa shape index (κ3) is 8.26. The maximum absolute atomic E-state index is 13.1. The summed E-state index contributed by atoms with van der Waals surface area (Å²) in [4.78, 5) is 24.2. The predicted molar refractivity (Wildman–Crippen MR) is 138 cm³/mol. The van der Waals surface area contributed by atoms with E-state index in [1.807, 2.05) is 54.6 Å². The normalized spacial score (nSPS) is 10.7. The highest BCUT2D eigenvalue weighted by molar-refractivity contribution is 6.36. The lowest BCUT2D eigenvalue weighted by Gasteiger charge is -2.06. The molecule has 4 rings (SSSR count). The van der Waals surface area contributed by atoms with Crippen LogP contribution in [0.25, 0.3) is 11.5 Å². The largest absolute Gasteiger partial charge is 0.493 e. The van der Waals surface area contributed by atoms with E-state index in [0.29, 0.717) is 55.4 Å². The fourth-order valence-electron chi connectivity index (χ4n) is 3.56. The van der Waals surface area contributed by atoms with E-state index in [1.165, 1.54) is 12.1 Å². The number of nitrogens with one attached hydrogen (secondary N) is 1. The SMILES string of the molecule is O=C(CCCCCOc1cccc(F)c1)C(=O)NCc1nnc(-c2ccc(OCc3ccccc3)cc2)o1. The van der Waals surface area contributed by atoms with Crippen LogP contribution in [0.4, 0.5) is 4.39 Å². The molecule has 0 saturated carbocycles. The van der Waals surface area contributed by atoms with Crippen LogP contribution in [0.2, 0.25) is 0 Å². The van der Waals surface area contributed by atoms with E-state index in [4.69, 9.17) is 13.9 Å². The molecule has 0 aliphatic heterocycles. The average molecular weight is 518 g/mol. The van der Waals surface area contributed by atoms with Gasteiger partial charge in [0.2, 0.25) is 17.6 Å². The molecule has 0 aliphatic carbocycles. The molecule has 4 aromatic rings. The minimum Gasteiger partial charge on any atom is -0.493 e. The monoisotopic (exact) mass is 517 g/mol. The summed E-state index contributed by atoms with van der Waals surface area (Å²) in [6.07, 6.45) is 2.07. The fourth-order valence-corrected chi connectivity index (χ4v) is 3.56. The van der Waals surface area contributed by atoms with Crippen molar-refractivity contribution in [3.8, 4) is 23.0 Å². The standard InChI is InChI=1S/C29H28FN3O5/c30-23-10-7-11-25(18-23)36-17-6-2-5-12-26(34)28(35)31-19-27-32-33-29(38-27)22-13-15-24(16-14-22)37-20-21-8-3-1-4-9-21/h1,3-4,7-11,13-16,18H,2,5-6,12,17,19-20H2,(H,31,35). The molecule has 0 spiro atoms. The van der Waals surface area contributed by atoms with Crippen molar-refractivity contribution in [3.63, 3.8) is 0 Å². The van der Waals surface area contributed by atoms with Crippen molar-refractivity contribution in [2.75, 3.05) is 6.61 Å². The van der Waals surface area contributed by atoms with Gasteiger partial charge in [0.25, 0.3) is 5.91 Å². The van der Waals surface area contributed by atoms with Gasteiger partial charge in [-0.15, -0.1) is 10.2 Å². The van der Waals surface area contributed by atoms with Gasteiger partial charge >= 0.3 is 0 Å². The van der Waals surface area contributed by atoms with E-state index < -0.39 is 11.7 Å². The Kier molecular flexibility index (Phi) is 9.56. The zero-order chi connectivity index (χ0) is 26.6. The number of carbonyl (C=O) groups is 2. The molecule has 1 aromatic heterocycles. The number of halogens is 1. The number of ketones is 1. The molecule has 38 heavy (non-hydrogen) atoms. The van der Waals surface area contributed by atoms with Gasteiger partial charge < -0.3 is 19.2 Å². The molecule has 0 saturated heterocycles. The molecule has 1 amide bonds. The second-order valence-corrected chi connectivity index (χ2v) is 8.52. The maximum Gasteiger partial charge on any atom is 0.287 e. The Labute approximate surface area is 219 Å². The summed E-state index contributed by atoms with van der Waals surface area (Å²) in [5.74, 6) is 0.116. The van der Waals surface area contributed by atoms with E-state index >= 15 is 0 Å². The Balaban J connectivity index is 1.13. The lowest BCUT2D eigenvalue weighted by Crippen LogP contribution is -2.30. The van der Waals surface area contributed by atoms with Gasteiger partial charge in [0.1, 0.15) is 23.9 Å². The Bertz CT molecular complexity index is 1330. The van der Waals surface area contributed by atoms with Crippen molar-refractivity contribution in [2.24, 2.45) is 0 Å². The Morgan fingerprint density at radius 3 is 2.45 bits per heavy atom. The molecule has 8 nitrogen and oxygen atoms in total. The van der Waals surface area contributed by atoms with Crippen LogP contribution in [0.15, 0.2) is 83.3 Å². The fraction of sp³-hybridized carbons (Fsp3) is 0.241. The minimum atomic E-state index is -0.694. The van der Waals surface area contributed by atoms with Crippen LogP contribution in [0.3, 0.4) is 0 Å². The van der Waals surface area contributed by atoms with Gasteiger partial charge in [-0.3, -0.25) is 9.59 Å². The molecule has 0 radical (unpaired) electrons. The summed E-state index contributed by atoms with van der Waals surface area (Å²) in [7, 11) is 0. The third-order valence-corrected chi connectivity index (χ3v) is 5.58. The first-order valence-electron chi connectivity index (χ1n) is 12.4. The summed E-state index contributed by atoms with van der Waals surface area (Å²) in [6, 6.07) is 23.1. The van der Waals surface area contributed by atoms with Crippen molar-refractivity contribution in [1.29, 1.82) is 0 Å². The number of amides is 1. The van der Waals surface area contributed by atoms with Gasteiger partial charge in [-0.05, 0) is 61.2 Å². The smallest absolute Gasteiger partial charge is 0.287 e. The molecule has 0 atom stereocenters. The molecule has 0 fully saturated rings. The summed E-state index contributed by atoms with van der Waals surface area (Å²) < 4.78 is 30.0. The third-order valence-electron chi connectivity index (χ3n) is 5.58. The summed E-state index contributed by atoms with van der Waals surface area (Å²) in [5, 5.41) is 10.5. The number of hydrogen-bond acceptors (Lipinski definition) is 7. The van der Waals surface area contributed by atoms with Crippen LogP contribution in [-0.2, 0) is 22.7 Å². The number of benzene rings is 3. The zero-order valence-corrected chi connectivity index (χ0v) is 20.8. The zero-order valence-electron chi connectivity index (χ0n) is 20.8. The van der Waals surface area contributed by atoms with Crippen LogP contribution < -0.4 is 14.8 Å². The average Bonchev–Trinajstić information content (AvgIpc) is 3.42. The number of rotatable bonds is 14. The molecule has 0 unspecified atom stereocenters. The Morgan fingerprint density at radius 1 is 0.842 bits per heavy atom. The maximum atomic E-state index is 13.1. The van der Waals surface area contributed by atoms with Gasteiger partial charge in [-0.25, -0.2) is 4.39 Å². The van der Waals surface area contributed by atoms with Gasteiger partial charge in [0.05, 0.1) is 13.2 Å². The first kappa shape index (κ1) is 26.5. The predicted octanol–water partition coefficient (Wildman–Crippen LogP) is 5.28. The first-order chi connectivity index (χ1) is 18.6. The van der Waals surface area contributed by atoms with E-state index in [1.54, 1.807) is 12.1 Å². The summed E-state index contributed by atoms with van der Waals surface area (Å²) >= 11 is 0.